The lowest BCUT2D eigenvalue weighted by Crippen LogP contribution is -2.51. The Morgan fingerprint density at radius 3 is 2.24 bits per heavy atom. The number of benzene rings is 4. The van der Waals surface area contributed by atoms with Crippen LogP contribution < -0.4 is 10.2 Å². The Hall–Kier alpha value is -5.44. The maximum absolute atomic E-state index is 14.6. The van der Waals surface area contributed by atoms with Gasteiger partial charge in [0.15, 0.2) is 11.6 Å². The van der Waals surface area contributed by atoms with Crippen LogP contribution in [0.1, 0.15) is 31.8 Å². The van der Waals surface area contributed by atoms with Crippen LogP contribution in [0.5, 0.6) is 0 Å². The predicted molar refractivity (Wildman–Crippen MR) is 154 cm³/mol. The smallest absolute Gasteiger partial charge is 0.269 e. The molecule has 1 spiro atoms. The minimum atomic E-state index is -1.51. The van der Waals surface area contributed by atoms with Gasteiger partial charge in [-0.3, -0.25) is 24.5 Å². The van der Waals surface area contributed by atoms with Crippen molar-refractivity contribution in [2.24, 2.45) is 5.92 Å². The number of nitrogens with one attached hydrogen (secondary N) is 1. The third-order valence-electron chi connectivity index (χ3n) is 8.58. The number of hydrogen-bond acceptors (Lipinski definition) is 6. The molecule has 0 aromatic heterocycles. The van der Waals surface area contributed by atoms with E-state index in [0.717, 1.165) is 5.56 Å². The first-order valence-corrected chi connectivity index (χ1v) is 13.4. The molecule has 1 saturated heterocycles. The third-order valence-corrected chi connectivity index (χ3v) is 8.58. The van der Waals surface area contributed by atoms with Crippen LogP contribution in [0, 0.1) is 21.8 Å². The van der Waals surface area contributed by atoms with Crippen LogP contribution in [-0.2, 0) is 10.2 Å². The number of halogens is 1. The van der Waals surface area contributed by atoms with Gasteiger partial charge in [-0.15, -0.1) is 0 Å². The first-order chi connectivity index (χ1) is 20.3. The summed E-state index contributed by atoms with van der Waals surface area (Å²) in [5.41, 5.74) is 1.27. The normalized spacial score (nSPS) is 23.2. The van der Waals surface area contributed by atoms with Crippen LogP contribution in [0.2, 0.25) is 0 Å². The second-order valence-corrected chi connectivity index (χ2v) is 10.6. The number of anilines is 2. The van der Waals surface area contributed by atoms with Crippen molar-refractivity contribution in [1.82, 2.24) is 0 Å². The number of nitro groups is 1. The number of non-ortho nitro benzene ring substituents is 1. The molecule has 0 aliphatic carbocycles. The van der Waals surface area contributed by atoms with Gasteiger partial charge in [0.2, 0.25) is 5.91 Å². The highest BCUT2D eigenvalue weighted by Crippen LogP contribution is 2.58. The summed E-state index contributed by atoms with van der Waals surface area (Å²) in [6, 6.07) is 23.0. The van der Waals surface area contributed by atoms with Gasteiger partial charge in [0.05, 0.1) is 16.9 Å². The summed E-state index contributed by atoms with van der Waals surface area (Å²) in [5, 5.41) is 14.3. The van der Waals surface area contributed by atoms with Gasteiger partial charge >= 0.3 is 0 Å². The van der Waals surface area contributed by atoms with Crippen molar-refractivity contribution in [3.63, 3.8) is 0 Å². The standard InChI is InChI=1S/C33H22FN3O5/c34-22-14-9-20(10-15-22)30(38)28-29(31(39)21-11-16-23(17-12-21)37(41)42)36-26-8-4-1-5-19(26)13-18-27(36)33(28)24-6-2-3-7-25(24)35-32(33)40/h1-18,27-29H,(H,35,40)/t27-,28-,29+,33-/m1/s1. The van der Waals surface area contributed by atoms with Gasteiger partial charge in [-0.1, -0.05) is 48.6 Å². The quantitative estimate of drug-likeness (QED) is 0.194. The molecule has 0 bridgehead atoms. The summed E-state index contributed by atoms with van der Waals surface area (Å²) < 4.78 is 13.9. The molecule has 3 heterocycles. The first-order valence-electron chi connectivity index (χ1n) is 13.4. The number of rotatable bonds is 5. The molecular weight excluding hydrogens is 537 g/mol. The van der Waals surface area contributed by atoms with Crippen molar-refractivity contribution in [1.29, 1.82) is 0 Å². The van der Waals surface area contributed by atoms with E-state index >= 15 is 0 Å². The topological polar surface area (TPSA) is 110 Å². The second kappa shape index (κ2) is 9.31. The molecule has 206 valence electrons. The molecule has 4 aromatic carbocycles. The van der Waals surface area contributed by atoms with E-state index in [0.29, 0.717) is 16.9 Å². The maximum atomic E-state index is 14.6. The fourth-order valence-corrected chi connectivity index (χ4v) is 6.83. The summed E-state index contributed by atoms with van der Waals surface area (Å²) in [5.74, 6) is -3.11. The van der Waals surface area contributed by atoms with E-state index in [2.05, 4.69) is 5.32 Å². The van der Waals surface area contributed by atoms with E-state index in [1.54, 1.807) is 24.3 Å². The fraction of sp³-hybridized carbons (Fsp3) is 0.121. The largest absolute Gasteiger partial charge is 0.352 e. The fourth-order valence-electron chi connectivity index (χ4n) is 6.83. The average molecular weight is 560 g/mol. The summed E-state index contributed by atoms with van der Waals surface area (Å²) >= 11 is 0. The van der Waals surface area contributed by atoms with Gasteiger partial charge in [-0.25, -0.2) is 4.39 Å². The molecule has 3 aliphatic rings. The minimum Gasteiger partial charge on any atom is -0.352 e. The second-order valence-electron chi connectivity index (χ2n) is 10.6. The SMILES string of the molecule is O=C(c1ccc([N+](=O)[O-])cc1)[C@@H]1[C@H](C(=O)c2ccc(F)cc2)[C@]2(C(=O)Nc3ccccc32)[C@H]2C=Cc3ccccc3N12. The predicted octanol–water partition coefficient (Wildman–Crippen LogP) is 5.59. The molecule has 0 radical (unpaired) electrons. The number of fused-ring (bicyclic) bond motifs is 6. The highest BCUT2D eigenvalue weighted by Gasteiger charge is 2.70. The van der Waals surface area contributed by atoms with Crippen LogP contribution in [0.4, 0.5) is 21.5 Å². The molecule has 4 atom stereocenters. The molecule has 4 aromatic rings. The number of amides is 1. The van der Waals surface area contributed by atoms with Crippen LogP contribution in [0.15, 0.2) is 103 Å². The first kappa shape index (κ1) is 25.5. The Bertz CT molecular complexity index is 1840. The number of ketones is 2. The summed E-state index contributed by atoms with van der Waals surface area (Å²) in [6.07, 6.45) is 3.75. The Balaban J connectivity index is 1.51. The van der Waals surface area contributed by atoms with Gasteiger partial charge in [0.1, 0.15) is 17.3 Å². The van der Waals surface area contributed by atoms with Gasteiger partial charge in [-0.2, -0.15) is 0 Å². The number of para-hydroxylation sites is 2. The lowest BCUT2D eigenvalue weighted by molar-refractivity contribution is -0.384. The van der Waals surface area contributed by atoms with Gasteiger partial charge in [-0.05, 0) is 59.7 Å². The van der Waals surface area contributed by atoms with Crippen LogP contribution in [0.3, 0.4) is 0 Å². The van der Waals surface area contributed by atoms with Crippen molar-refractivity contribution in [3.05, 3.63) is 141 Å². The molecule has 3 aliphatic heterocycles. The highest BCUT2D eigenvalue weighted by atomic mass is 19.1. The Labute approximate surface area is 239 Å². The molecule has 42 heavy (non-hydrogen) atoms. The maximum Gasteiger partial charge on any atom is 0.269 e. The minimum absolute atomic E-state index is 0.163. The molecule has 9 heteroatoms. The van der Waals surface area contributed by atoms with Gasteiger partial charge in [0, 0.05) is 34.6 Å². The zero-order chi connectivity index (χ0) is 29.2. The molecule has 7 rings (SSSR count). The molecule has 0 saturated carbocycles. The monoisotopic (exact) mass is 559 g/mol. The molecule has 8 nitrogen and oxygen atoms in total. The lowest BCUT2D eigenvalue weighted by atomic mass is 9.64. The number of nitro benzene ring substituents is 1. The van der Waals surface area contributed by atoms with E-state index in [1.807, 2.05) is 41.3 Å². The number of nitrogens with zero attached hydrogens (tertiary/aromatic N) is 2. The molecule has 0 unspecified atom stereocenters. The average Bonchev–Trinajstić information content (AvgIpc) is 3.49. The van der Waals surface area contributed by atoms with E-state index in [1.165, 1.54) is 48.5 Å². The Morgan fingerprint density at radius 1 is 0.857 bits per heavy atom. The van der Waals surface area contributed by atoms with Crippen molar-refractivity contribution in [3.8, 4) is 0 Å². The van der Waals surface area contributed by atoms with E-state index in [4.69, 9.17) is 0 Å². The molecule has 1 fully saturated rings. The third kappa shape index (κ3) is 3.49. The van der Waals surface area contributed by atoms with Crippen molar-refractivity contribution >= 4 is 40.6 Å². The van der Waals surface area contributed by atoms with E-state index in [-0.39, 0.29) is 16.8 Å². The number of hydrogen-bond donors (Lipinski definition) is 1. The van der Waals surface area contributed by atoms with Crippen LogP contribution >= 0.6 is 0 Å². The summed E-state index contributed by atoms with van der Waals surface area (Å²) in [6.45, 7) is 0. The highest BCUT2D eigenvalue weighted by molar-refractivity contribution is 6.18. The summed E-state index contributed by atoms with van der Waals surface area (Å²) in [4.78, 5) is 56.1. The number of carbonyl (C=O) groups excluding carboxylic acids is 3. The zero-order valence-corrected chi connectivity index (χ0v) is 21.9. The van der Waals surface area contributed by atoms with E-state index < -0.39 is 51.6 Å². The van der Waals surface area contributed by atoms with Crippen molar-refractivity contribution in [2.45, 2.75) is 17.5 Å². The molecule has 1 N–H and O–H groups in total. The lowest BCUT2D eigenvalue weighted by Gasteiger charge is -2.37. The zero-order valence-electron chi connectivity index (χ0n) is 21.9. The van der Waals surface area contributed by atoms with Gasteiger partial charge in [0.25, 0.3) is 5.69 Å². The Kier molecular flexibility index (Phi) is 5.65. The molecular formula is C33H22FN3O5. The van der Waals surface area contributed by atoms with Crippen molar-refractivity contribution in [2.75, 3.05) is 10.2 Å². The number of carbonyl (C=O) groups is 3. The van der Waals surface area contributed by atoms with Crippen LogP contribution in [-0.4, -0.2) is 34.5 Å². The Morgan fingerprint density at radius 2 is 1.50 bits per heavy atom. The summed E-state index contributed by atoms with van der Waals surface area (Å²) in [7, 11) is 0. The van der Waals surface area contributed by atoms with Crippen LogP contribution in [0.25, 0.3) is 6.08 Å². The van der Waals surface area contributed by atoms with Gasteiger partial charge < -0.3 is 10.2 Å². The van der Waals surface area contributed by atoms with Crippen molar-refractivity contribution < 1.29 is 23.7 Å². The van der Waals surface area contributed by atoms with E-state index in [9.17, 15) is 28.9 Å². The number of Topliss-reactive ketones (excluding diaryl/α,β-unsaturated/α-hetero) is 2. The molecule has 1 amide bonds.